The number of hydrogen-bond acceptors (Lipinski definition) is 1. The minimum atomic E-state index is 0.0814. The molecular weight excluding hydrogens is 234 g/mol. The summed E-state index contributed by atoms with van der Waals surface area (Å²) in [5.74, 6) is 0.320. The first-order valence-electron chi connectivity index (χ1n) is 6.71. The van der Waals surface area contributed by atoms with Gasteiger partial charge >= 0.3 is 0 Å². The molecule has 1 unspecified atom stereocenters. The minimum Gasteiger partial charge on any atom is -0.330 e. The molecule has 1 fully saturated rings. The second-order valence-corrected chi connectivity index (χ2v) is 5.50. The standard InChI is InChI=1S/C17H21NO/c1-11(2)9-15-10-14(6-5-12(15)3)16-7-8-17(19)18-13(16)4/h5-6,9-10,16H,4,7-8H2,1-3H3,(H,18,19). The molecule has 2 nitrogen and oxygen atoms in total. The zero-order valence-corrected chi connectivity index (χ0v) is 11.9. The van der Waals surface area contributed by atoms with Gasteiger partial charge in [-0.1, -0.05) is 36.4 Å². The zero-order valence-electron chi connectivity index (χ0n) is 11.9. The summed E-state index contributed by atoms with van der Waals surface area (Å²) in [6, 6.07) is 6.51. The number of rotatable bonds is 2. The lowest BCUT2D eigenvalue weighted by atomic mass is 9.87. The van der Waals surface area contributed by atoms with Crippen molar-refractivity contribution >= 4 is 12.0 Å². The van der Waals surface area contributed by atoms with Crippen LogP contribution in [-0.4, -0.2) is 5.91 Å². The average molecular weight is 255 g/mol. The second-order valence-electron chi connectivity index (χ2n) is 5.50. The summed E-state index contributed by atoms with van der Waals surface area (Å²) < 4.78 is 0. The van der Waals surface area contributed by atoms with Gasteiger partial charge in [-0.3, -0.25) is 4.79 Å². The van der Waals surface area contributed by atoms with Gasteiger partial charge in [0.15, 0.2) is 0 Å². The van der Waals surface area contributed by atoms with Crippen LogP contribution in [0.2, 0.25) is 0 Å². The van der Waals surface area contributed by atoms with Crippen molar-refractivity contribution in [1.82, 2.24) is 5.32 Å². The van der Waals surface area contributed by atoms with Gasteiger partial charge < -0.3 is 5.32 Å². The molecule has 2 heteroatoms. The monoisotopic (exact) mass is 255 g/mol. The molecule has 1 aliphatic heterocycles. The first kappa shape index (κ1) is 13.6. The van der Waals surface area contributed by atoms with Gasteiger partial charge in [-0.25, -0.2) is 0 Å². The third-order valence-corrected chi connectivity index (χ3v) is 3.53. The molecule has 0 bridgehead atoms. The highest BCUT2D eigenvalue weighted by Crippen LogP contribution is 2.31. The molecule has 0 aliphatic carbocycles. The van der Waals surface area contributed by atoms with Gasteiger partial charge in [-0.05, 0) is 43.9 Å². The average Bonchev–Trinajstić information content (AvgIpc) is 2.32. The number of carbonyl (C=O) groups is 1. The number of allylic oxidation sites excluding steroid dienone is 2. The number of piperidine rings is 1. The van der Waals surface area contributed by atoms with Gasteiger partial charge in [0, 0.05) is 18.0 Å². The number of nitrogens with one attached hydrogen (secondary N) is 1. The molecule has 0 radical (unpaired) electrons. The van der Waals surface area contributed by atoms with E-state index in [-0.39, 0.29) is 11.8 Å². The van der Waals surface area contributed by atoms with Crippen molar-refractivity contribution in [3.8, 4) is 0 Å². The van der Waals surface area contributed by atoms with Crippen LogP contribution < -0.4 is 5.32 Å². The van der Waals surface area contributed by atoms with Gasteiger partial charge in [-0.2, -0.15) is 0 Å². The second kappa shape index (κ2) is 5.43. The lowest BCUT2D eigenvalue weighted by molar-refractivity contribution is -0.121. The molecule has 1 heterocycles. The van der Waals surface area contributed by atoms with Gasteiger partial charge in [0.2, 0.25) is 5.91 Å². The highest BCUT2D eigenvalue weighted by molar-refractivity contribution is 5.79. The molecule has 2 rings (SSSR count). The third kappa shape index (κ3) is 3.14. The van der Waals surface area contributed by atoms with Crippen LogP contribution in [0, 0.1) is 6.92 Å². The Bertz CT molecular complexity index is 550. The molecule has 0 aromatic heterocycles. The fourth-order valence-corrected chi connectivity index (χ4v) is 2.49. The Balaban J connectivity index is 2.33. The zero-order chi connectivity index (χ0) is 14.0. The number of hydrogen-bond donors (Lipinski definition) is 1. The fourth-order valence-electron chi connectivity index (χ4n) is 2.49. The fraction of sp³-hybridized carbons (Fsp3) is 0.353. The number of amides is 1. The Morgan fingerprint density at radius 3 is 2.79 bits per heavy atom. The Labute approximate surface area is 115 Å². The quantitative estimate of drug-likeness (QED) is 0.852. The van der Waals surface area contributed by atoms with E-state index in [9.17, 15) is 4.79 Å². The van der Waals surface area contributed by atoms with Crippen LogP contribution in [0.15, 0.2) is 36.0 Å². The van der Waals surface area contributed by atoms with Crippen LogP contribution in [0.5, 0.6) is 0 Å². The highest BCUT2D eigenvalue weighted by Gasteiger charge is 2.23. The summed E-state index contributed by atoms with van der Waals surface area (Å²) in [6.45, 7) is 10.3. The van der Waals surface area contributed by atoms with Crippen molar-refractivity contribution in [2.45, 2.75) is 39.5 Å². The van der Waals surface area contributed by atoms with Crippen molar-refractivity contribution < 1.29 is 4.79 Å². The van der Waals surface area contributed by atoms with E-state index in [4.69, 9.17) is 0 Å². The Kier molecular flexibility index (Phi) is 3.89. The molecule has 1 saturated heterocycles. The number of carbonyl (C=O) groups excluding carboxylic acids is 1. The molecule has 0 saturated carbocycles. The van der Waals surface area contributed by atoms with E-state index < -0.39 is 0 Å². The summed E-state index contributed by atoms with van der Waals surface area (Å²) in [5.41, 5.74) is 5.87. The molecule has 0 spiro atoms. The van der Waals surface area contributed by atoms with Crippen LogP contribution in [0.25, 0.3) is 6.08 Å². The van der Waals surface area contributed by atoms with Gasteiger partial charge in [-0.15, -0.1) is 0 Å². The van der Waals surface area contributed by atoms with E-state index in [0.717, 1.165) is 12.1 Å². The van der Waals surface area contributed by atoms with Crippen LogP contribution in [0.3, 0.4) is 0 Å². The SMILES string of the molecule is C=C1NC(=O)CCC1c1ccc(C)c(C=C(C)C)c1. The lowest BCUT2D eigenvalue weighted by Crippen LogP contribution is -2.31. The Morgan fingerprint density at radius 2 is 2.16 bits per heavy atom. The smallest absolute Gasteiger partial charge is 0.224 e. The van der Waals surface area contributed by atoms with Crippen molar-refractivity contribution in [1.29, 1.82) is 0 Å². The van der Waals surface area contributed by atoms with Crippen LogP contribution in [0.1, 0.15) is 49.3 Å². The molecule has 1 amide bonds. The third-order valence-electron chi connectivity index (χ3n) is 3.53. The van der Waals surface area contributed by atoms with E-state index in [1.165, 1.54) is 22.3 Å². The molecule has 1 aromatic carbocycles. The van der Waals surface area contributed by atoms with E-state index in [1.54, 1.807) is 0 Å². The molecule has 1 aliphatic rings. The van der Waals surface area contributed by atoms with Crippen LogP contribution in [0.4, 0.5) is 0 Å². The predicted molar refractivity (Wildman–Crippen MR) is 79.8 cm³/mol. The van der Waals surface area contributed by atoms with Crippen LogP contribution in [-0.2, 0) is 4.79 Å². The van der Waals surface area contributed by atoms with Crippen LogP contribution >= 0.6 is 0 Å². The van der Waals surface area contributed by atoms with E-state index in [2.05, 4.69) is 56.9 Å². The normalized spacial score (nSPS) is 19.0. The van der Waals surface area contributed by atoms with Crippen molar-refractivity contribution in [2.24, 2.45) is 0 Å². The summed E-state index contributed by atoms with van der Waals surface area (Å²) >= 11 is 0. The number of benzene rings is 1. The largest absolute Gasteiger partial charge is 0.330 e. The Hall–Kier alpha value is -1.83. The maximum Gasteiger partial charge on any atom is 0.224 e. The summed E-state index contributed by atoms with van der Waals surface area (Å²) in [5, 5.41) is 2.85. The van der Waals surface area contributed by atoms with Gasteiger partial charge in [0.05, 0.1) is 0 Å². The first-order chi connectivity index (χ1) is 8.97. The maximum atomic E-state index is 11.3. The van der Waals surface area contributed by atoms with Gasteiger partial charge in [0.1, 0.15) is 0 Å². The first-order valence-corrected chi connectivity index (χ1v) is 6.71. The molecular formula is C17H21NO. The molecule has 19 heavy (non-hydrogen) atoms. The lowest BCUT2D eigenvalue weighted by Gasteiger charge is -2.25. The minimum absolute atomic E-state index is 0.0814. The summed E-state index contributed by atoms with van der Waals surface area (Å²) in [4.78, 5) is 11.3. The summed E-state index contributed by atoms with van der Waals surface area (Å²) in [7, 11) is 0. The van der Waals surface area contributed by atoms with E-state index >= 15 is 0 Å². The Morgan fingerprint density at radius 1 is 1.42 bits per heavy atom. The van der Waals surface area contributed by atoms with Crippen molar-refractivity contribution in [3.63, 3.8) is 0 Å². The summed E-state index contributed by atoms with van der Waals surface area (Å²) in [6.07, 6.45) is 3.63. The molecule has 1 N–H and O–H groups in total. The van der Waals surface area contributed by atoms with Crippen molar-refractivity contribution in [3.05, 3.63) is 52.7 Å². The maximum absolute atomic E-state index is 11.3. The predicted octanol–water partition coefficient (Wildman–Crippen LogP) is 3.93. The van der Waals surface area contributed by atoms with E-state index in [0.29, 0.717) is 6.42 Å². The highest BCUT2D eigenvalue weighted by atomic mass is 16.1. The van der Waals surface area contributed by atoms with Gasteiger partial charge in [0.25, 0.3) is 0 Å². The topological polar surface area (TPSA) is 29.1 Å². The van der Waals surface area contributed by atoms with Crippen molar-refractivity contribution in [2.75, 3.05) is 0 Å². The molecule has 1 atom stereocenters. The molecule has 1 aromatic rings. The van der Waals surface area contributed by atoms with E-state index in [1.807, 2.05) is 0 Å². The number of aryl methyl sites for hydroxylation is 1. The molecule has 100 valence electrons.